The van der Waals surface area contributed by atoms with Gasteiger partial charge in [0.2, 0.25) is 0 Å². The van der Waals surface area contributed by atoms with Crippen molar-refractivity contribution in [2.45, 2.75) is 50.9 Å². The fourth-order valence-electron chi connectivity index (χ4n) is 9.20. The molecule has 0 N–H and O–H groups in total. The lowest BCUT2D eigenvalue weighted by molar-refractivity contribution is 0.420. The molecule has 3 aliphatic carbocycles. The molecular formula is C46H41N. The Morgan fingerprint density at radius 3 is 1.72 bits per heavy atom. The Labute approximate surface area is 279 Å². The number of fused-ring (bicyclic) bond motifs is 5. The summed E-state index contributed by atoms with van der Waals surface area (Å²) in [6.07, 6.45) is 5.67. The molecule has 0 heterocycles. The minimum absolute atomic E-state index is 0.0513. The van der Waals surface area contributed by atoms with E-state index < -0.39 is 0 Å². The molecule has 3 atom stereocenters. The van der Waals surface area contributed by atoms with Crippen LogP contribution < -0.4 is 4.90 Å². The van der Waals surface area contributed by atoms with Crippen molar-refractivity contribution in [1.82, 2.24) is 0 Å². The molecule has 3 aliphatic rings. The number of anilines is 3. The first-order chi connectivity index (χ1) is 23.0. The van der Waals surface area contributed by atoms with Crippen LogP contribution in [0.15, 0.2) is 146 Å². The van der Waals surface area contributed by atoms with E-state index in [1.54, 1.807) is 0 Å². The first kappa shape index (κ1) is 28.4. The minimum atomic E-state index is -0.0513. The standard InChI is InChI=1S/C46H41N/c1-46(2)44-15-9-8-14-41(44)42-27-26-38(30-45(42)46)47(37-24-20-34(21-25-37)43-29-31-16-17-35(43)28-31)36-22-18-33(19-23-36)40-13-7-6-12-39(40)32-10-4-3-5-11-32/h3-15,18-27,30-31,35,43H,16-17,28-29H2,1-2H3. The molecule has 6 aromatic rings. The second-order valence-electron chi connectivity index (χ2n) is 14.6. The topological polar surface area (TPSA) is 3.24 Å². The fourth-order valence-corrected chi connectivity index (χ4v) is 9.20. The average molecular weight is 608 g/mol. The van der Waals surface area contributed by atoms with E-state index in [0.29, 0.717) is 0 Å². The Hall–Kier alpha value is -4.88. The molecule has 9 rings (SSSR count). The highest BCUT2D eigenvalue weighted by molar-refractivity contribution is 5.87. The van der Waals surface area contributed by atoms with Gasteiger partial charge in [-0.3, -0.25) is 0 Å². The molecule has 0 aromatic heterocycles. The van der Waals surface area contributed by atoms with Gasteiger partial charge in [-0.1, -0.05) is 129 Å². The molecule has 1 nitrogen and oxygen atoms in total. The predicted octanol–water partition coefficient (Wildman–Crippen LogP) is 12.7. The van der Waals surface area contributed by atoms with Crippen LogP contribution in [0, 0.1) is 11.8 Å². The van der Waals surface area contributed by atoms with Gasteiger partial charge in [-0.05, 0) is 123 Å². The molecule has 0 spiro atoms. The van der Waals surface area contributed by atoms with Crippen molar-refractivity contribution in [3.05, 3.63) is 162 Å². The smallest absolute Gasteiger partial charge is 0.0465 e. The number of hydrogen-bond acceptors (Lipinski definition) is 1. The van der Waals surface area contributed by atoms with Gasteiger partial charge in [0.15, 0.2) is 0 Å². The highest BCUT2D eigenvalue weighted by Crippen LogP contribution is 2.54. The van der Waals surface area contributed by atoms with Gasteiger partial charge in [-0.25, -0.2) is 0 Å². The van der Waals surface area contributed by atoms with Crippen LogP contribution in [0.25, 0.3) is 33.4 Å². The van der Waals surface area contributed by atoms with Crippen molar-refractivity contribution in [3.63, 3.8) is 0 Å². The molecule has 230 valence electrons. The van der Waals surface area contributed by atoms with E-state index in [1.807, 2.05) is 0 Å². The molecule has 47 heavy (non-hydrogen) atoms. The van der Waals surface area contributed by atoms with Gasteiger partial charge in [0, 0.05) is 22.5 Å². The van der Waals surface area contributed by atoms with Crippen LogP contribution in [-0.4, -0.2) is 0 Å². The molecular weight excluding hydrogens is 567 g/mol. The van der Waals surface area contributed by atoms with Crippen molar-refractivity contribution < 1.29 is 0 Å². The number of hydrogen-bond donors (Lipinski definition) is 0. The monoisotopic (exact) mass is 607 g/mol. The van der Waals surface area contributed by atoms with Gasteiger partial charge >= 0.3 is 0 Å². The highest BCUT2D eigenvalue weighted by atomic mass is 15.1. The van der Waals surface area contributed by atoms with Gasteiger partial charge in [0.1, 0.15) is 0 Å². The zero-order chi connectivity index (χ0) is 31.5. The molecule has 3 unspecified atom stereocenters. The van der Waals surface area contributed by atoms with E-state index in [9.17, 15) is 0 Å². The van der Waals surface area contributed by atoms with Gasteiger partial charge in [0.25, 0.3) is 0 Å². The Morgan fingerprint density at radius 2 is 1.06 bits per heavy atom. The van der Waals surface area contributed by atoms with Gasteiger partial charge in [-0.2, -0.15) is 0 Å². The van der Waals surface area contributed by atoms with Crippen LogP contribution >= 0.6 is 0 Å². The second-order valence-corrected chi connectivity index (χ2v) is 14.6. The second kappa shape index (κ2) is 11.1. The molecule has 0 amide bonds. The first-order valence-electron chi connectivity index (χ1n) is 17.4. The van der Waals surface area contributed by atoms with E-state index in [1.165, 1.54) is 92.8 Å². The summed E-state index contributed by atoms with van der Waals surface area (Å²) in [5.74, 6) is 2.57. The molecule has 6 aromatic carbocycles. The highest BCUT2D eigenvalue weighted by Gasteiger charge is 2.40. The van der Waals surface area contributed by atoms with Crippen molar-refractivity contribution in [2.24, 2.45) is 11.8 Å². The molecule has 2 fully saturated rings. The molecule has 0 saturated heterocycles. The van der Waals surface area contributed by atoms with Crippen LogP contribution in [0.1, 0.15) is 62.1 Å². The van der Waals surface area contributed by atoms with E-state index in [2.05, 4.69) is 164 Å². The Balaban J connectivity index is 1.13. The quantitative estimate of drug-likeness (QED) is 0.182. The van der Waals surface area contributed by atoms with Gasteiger partial charge in [0.05, 0.1) is 0 Å². The van der Waals surface area contributed by atoms with Crippen LogP contribution in [0.4, 0.5) is 17.1 Å². The molecule has 2 bridgehead atoms. The zero-order valence-corrected chi connectivity index (χ0v) is 27.4. The third-order valence-corrected chi connectivity index (χ3v) is 11.6. The summed E-state index contributed by atoms with van der Waals surface area (Å²) < 4.78 is 0. The Bertz CT molecular complexity index is 2070. The van der Waals surface area contributed by atoms with Crippen LogP contribution in [-0.2, 0) is 5.41 Å². The Kier molecular flexibility index (Phi) is 6.71. The zero-order valence-electron chi connectivity index (χ0n) is 27.4. The Morgan fingerprint density at radius 1 is 0.489 bits per heavy atom. The lowest BCUT2D eigenvalue weighted by atomic mass is 9.82. The molecule has 0 radical (unpaired) electrons. The first-order valence-corrected chi connectivity index (χ1v) is 17.4. The molecule has 1 heteroatoms. The number of benzene rings is 6. The number of nitrogens with zero attached hydrogens (tertiary/aromatic N) is 1. The summed E-state index contributed by atoms with van der Waals surface area (Å²) in [5.41, 5.74) is 15.6. The number of rotatable bonds is 6. The van der Waals surface area contributed by atoms with Crippen molar-refractivity contribution >= 4 is 17.1 Å². The van der Waals surface area contributed by atoms with Crippen molar-refractivity contribution in [1.29, 1.82) is 0 Å². The van der Waals surface area contributed by atoms with Gasteiger partial charge < -0.3 is 4.90 Å². The largest absolute Gasteiger partial charge is 0.310 e. The molecule has 2 saturated carbocycles. The third kappa shape index (κ3) is 4.75. The summed E-state index contributed by atoms with van der Waals surface area (Å²) >= 11 is 0. The predicted molar refractivity (Wildman–Crippen MR) is 198 cm³/mol. The maximum atomic E-state index is 2.46. The lowest BCUT2D eigenvalue weighted by Crippen LogP contribution is -2.16. The van der Waals surface area contributed by atoms with Gasteiger partial charge in [-0.15, -0.1) is 0 Å². The SMILES string of the molecule is CC1(C)c2ccccc2-c2ccc(N(c3ccc(-c4ccccc4-c4ccccc4)cc3)c3ccc(C4CC5CCC4C5)cc3)cc21. The normalized spacial score (nSPS) is 20.2. The van der Waals surface area contributed by atoms with Crippen LogP contribution in [0.2, 0.25) is 0 Å². The van der Waals surface area contributed by atoms with E-state index >= 15 is 0 Å². The summed E-state index contributed by atoms with van der Waals surface area (Å²) in [6.45, 7) is 4.74. The van der Waals surface area contributed by atoms with Crippen molar-refractivity contribution in [3.8, 4) is 33.4 Å². The van der Waals surface area contributed by atoms with E-state index in [4.69, 9.17) is 0 Å². The van der Waals surface area contributed by atoms with Crippen molar-refractivity contribution in [2.75, 3.05) is 4.90 Å². The maximum Gasteiger partial charge on any atom is 0.0465 e. The summed E-state index contributed by atoms with van der Waals surface area (Å²) in [7, 11) is 0. The minimum Gasteiger partial charge on any atom is -0.310 e. The van der Waals surface area contributed by atoms with Crippen LogP contribution in [0.3, 0.4) is 0 Å². The summed E-state index contributed by atoms with van der Waals surface area (Å²) in [4.78, 5) is 2.46. The fraction of sp³-hybridized carbons (Fsp3) is 0.217. The summed E-state index contributed by atoms with van der Waals surface area (Å²) in [6, 6.07) is 54.2. The van der Waals surface area contributed by atoms with E-state index in [0.717, 1.165) is 17.8 Å². The average Bonchev–Trinajstić information content (AvgIpc) is 3.83. The third-order valence-electron chi connectivity index (χ3n) is 11.6. The van der Waals surface area contributed by atoms with Crippen LogP contribution in [0.5, 0.6) is 0 Å². The maximum absolute atomic E-state index is 2.46. The molecule has 0 aliphatic heterocycles. The lowest BCUT2D eigenvalue weighted by Gasteiger charge is -2.29. The van der Waals surface area contributed by atoms with E-state index in [-0.39, 0.29) is 5.41 Å². The summed E-state index contributed by atoms with van der Waals surface area (Å²) in [5, 5.41) is 0.